The summed E-state index contributed by atoms with van der Waals surface area (Å²) in [6, 6.07) is 11.6. The van der Waals surface area contributed by atoms with Gasteiger partial charge in [-0.25, -0.2) is 24.6 Å². The van der Waals surface area contributed by atoms with Gasteiger partial charge < -0.3 is 10.1 Å². The van der Waals surface area contributed by atoms with E-state index in [4.69, 9.17) is 4.74 Å². The number of aromatic nitrogens is 3. The van der Waals surface area contributed by atoms with Crippen molar-refractivity contribution in [1.82, 2.24) is 15.0 Å². The van der Waals surface area contributed by atoms with E-state index < -0.39 is 0 Å². The highest BCUT2D eigenvalue weighted by Crippen LogP contribution is 2.36. The number of para-hydroxylation sites is 1. The number of carbonyl (C=O) groups excluding carboxylic acids is 1. The van der Waals surface area contributed by atoms with Gasteiger partial charge in [0.25, 0.3) is 0 Å². The van der Waals surface area contributed by atoms with E-state index in [0.29, 0.717) is 17.7 Å². The number of amides is 1. The van der Waals surface area contributed by atoms with Gasteiger partial charge in [0.15, 0.2) is 5.13 Å². The molecular weight excluding hydrogens is 350 g/mol. The first-order chi connectivity index (χ1) is 12.6. The molecule has 8 heteroatoms. The zero-order chi connectivity index (χ0) is 18.1. The van der Waals surface area contributed by atoms with Crippen LogP contribution in [0.4, 0.5) is 21.6 Å². The van der Waals surface area contributed by atoms with Crippen LogP contribution in [0.1, 0.15) is 12.6 Å². The van der Waals surface area contributed by atoms with Crippen molar-refractivity contribution in [1.29, 1.82) is 0 Å². The Balaban J connectivity index is 1.64. The first kappa shape index (κ1) is 16.5. The molecule has 7 nitrogen and oxygen atoms in total. The molecule has 0 aliphatic carbocycles. The van der Waals surface area contributed by atoms with Crippen LogP contribution in [0.5, 0.6) is 0 Å². The van der Waals surface area contributed by atoms with E-state index >= 15 is 0 Å². The van der Waals surface area contributed by atoms with Crippen molar-refractivity contribution < 1.29 is 9.53 Å². The van der Waals surface area contributed by atoms with Gasteiger partial charge in [0.1, 0.15) is 6.61 Å². The number of carbonyl (C=O) groups is 1. The van der Waals surface area contributed by atoms with Crippen LogP contribution in [0.15, 0.2) is 42.6 Å². The van der Waals surface area contributed by atoms with E-state index in [2.05, 4.69) is 20.3 Å². The third-order valence-electron chi connectivity index (χ3n) is 4.00. The van der Waals surface area contributed by atoms with Crippen molar-refractivity contribution >= 4 is 34.2 Å². The van der Waals surface area contributed by atoms with Crippen LogP contribution in [-0.2, 0) is 4.74 Å². The first-order valence-electron chi connectivity index (χ1n) is 8.21. The molecule has 1 atom stereocenters. The van der Waals surface area contributed by atoms with E-state index in [9.17, 15) is 4.79 Å². The minimum atomic E-state index is -0.355. The lowest BCUT2D eigenvalue weighted by Crippen LogP contribution is -2.30. The summed E-state index contributed by atoms with van der Waals surface area (Å²) >= 11 is 1.43. The van der Waals surface area contributed by atoms with Gasteiger partial charge in [0.05, 0.1) is 22.3 Å². The maximum atomic E-state index is 11.9. The van der Waals surface area contributed by atoms with Crippen LogP contribution in [0.2, 0.25) is 0 Å². The van der Waals surface area contributed by atoms with Crippen molar-refractivity contribution in [3.8, 4) is 10.6 Å². The topological polar surface area (TPSA) is 80.2 Å². The third-order valence-corrected chi connectivity index (χ3v) is 5.17. The van der Waals surface area contributed by atoms with Crippen LogP contribution in [-0.4, -0.2) is 33.7 Å². The number of hydrogen-bond donors (Lipinski definition) is 1. The lowest BCUT2D eigenvalue weighted by atomic mass is 10.3. The molecule has 3 heterocycles. The summed E-state index contributed by atoms with van der Waals surface area (Å²) in [6.45, 7) is 4.23. The van der Waals surface area contributed by atoms with Gasteiger partial charge >= 0.3 is 6.09 Å². The van der Waals surface area contributed by atoms with Gasteiger partial charge in [-0.05, 0) is 32.0 Å². The van der Waals surface area contributed by atoms with E-state index in [1.807, 2.05) is 50.2 Å². The number of nitrogens with one attached hydrogen (secondary N) is 1. The quantitative estimate of drug-likeness (QED) is 0.751. The number of nitrogens with zero attached hydrogens (tertiary/aromatic N) is 4. The molecule has 1 aromatic carbocycles. The smallest absolute Gasteiger partial charge is 0.416 e. The van der Waals surface area contributed by atoms with Gasteiger partial charge in [-0.3, -0.25) is 0 Å². The number of thiazole rings is 1. The molecule has 0 spiro atoms. The van der Waals surface area contributed by atoms with Gasteiger partial charge in [-0.2, -0.15) is 0 Å². The highest BCUT2D eigenvalue weighted by Gasteiger charge is 2.33. The molecule has 26 heavy (non-hydrogen) atoms. The minimum absolute atomic E-state index is 0.0263. The minimum Gasteiger partial charge on any atom is -0.447 e. The highest BCUT2D eigenvalue weighted by atomic mass is 32.1. The van der Waals surface area contributed by atoms with Crippen LogP contribution in [0.25, 0.3) is 10.6 Å². The summed E-state index contributed by atoms with van der Waals surface area (Å²) in [7, 11) is 0. The van der Waals surface area contributed by atoms with Crippen molar-refractivity contribution in [2.75, 3.05) is 16.8 Å². The average Bonchev–Trinajstić information content (AvgIpc) is 3.18. The van der Waals surface area contributed by atoms with E-state index in [-0.39, 0.29) is 12.1 Å². The second-order valence-corrected chi connectivity index (χ2v) is 6.94. The number of cyclic esters (lactones) is 1. The standard InChI is InChI=1S/C18H17N5O2S/c1-11-10-25-18(24)23(11)17-20-12(2)15(26-17)14-8-9-19-16(22-14)21-13-6-4-3-5-7-13/h3-9,11H,10H2,1-2H3,(H,19,21,22). The van der Waals surface area contributed by atoms with Crippen LogP contribution < -0.4 is 10.2 Å². The maximum absolute atomic E-state index is 11.9. The van der Waals surface area contributed by atoms with E-state index in [0.717, 1.165) is 22.0 Å². The fraction of sp³-hybridized carbons (Fsp3) is 0.222. The monoisotopic (exact) mass is 367 g/mol. The zero-order valence-corrected chi connectivity index (χ0v) is 15.2. The normalized spacial score (nSPS) is 16.6. The summed E-state index contributed by atoms with van der Waals surface area (Å²) in [4.78, 5) is 27.8. The molecule has 3 aromatic rings. The Hall–Kier alpha value is -3.00. The maximum Gasteiger partial charge on any atom is 0.416 e. The molecule has 4 rings (SSSR count). The highest BCUT2D eigenvalue weighted by molar-refractivity contribution is 7.19. The third kappa shape index (κ3) is 3.11. The van der Waals surface area contributed by atoms with E-state index in [1.165, 1.54) is 11.3 Å². The second-order valence-electron chi connectivity index (χ2n) is 5.96. The number of rotatable bonds is 4. The number of aryl methyl sites for hydroxylation is 1. The molecule has 132 valence electrons. The average molecular weight is 367 g/mol. The number of anilines is 3. The number of benzene rings is 1. The molecule has 1 unspecified atom stereocenters. The molecule has 1 aliphatic rings. The summed E-state index contributed by atoms with van der Waals surface area (Å²) in [5.41, 5.74) is 2.50. The molecule has 0 radical (unpaired) electrons. The Labute approximate surface area is 154 Å². The summed E-state index contributed by atoms with van der Waals surface area (Å²) in [6.07, 6.45) is 1.35. The fourth-order valence-corrected chi connectivity index (χ4v) is 3.83. The van der Waals surface area contributed by atoms with Crippen molar-refractivity contribution in [2.24, 2.45) is 0 Å². The fourth-order valence-electron chi connectivity index (χ4n) is 2.70. The number of hydrogen-bond acceptors (Lipinski definition) is 7. The van der Waals surface area contributed by atoms with Crippen molar-refractivity contribution in [3.05, 3.63) is 48.3 Å². The molecule has 1 N–H and O–H groups in total. The molecule has 0 bridgehead atoms. The Morgan fingerprint density at radius 3 is 2.77 bits per heavy atom. The van der Waals surface area contributed by atoms with Crippen LogP contribution >= 0.6 is 11.3 Å². The van der Waals surface area contributed by atoms with Gasteiger partial charge in [-0.15, -0.1) is 0 Å². The molecule has 0 saturated carbocycles. The van der Waals surface area contributed by atoms with Crippen LogP contribution in [0.3, 0.4) is 0 Å². The Kier molecular flexibility index (Phi) is 4.26. The number of ether oxygens (including phenoxy) is 1. The summed E-state index contributed by atoms with van der Waals surface area (Å²) in [5, 5.41) is 3.82. The van der Waals surface area contributed by atoms with E-state index in [1.54, 1.807) is 11.1 Å². The summed E-state index contributed by atoms with van der Waals surface area (Å²) in [5.74, 6) is 0.511. The molecule has 1 fully saturated rings. The first-order valence-corrected chi connectivity index (χ1v) is 9.02. The Bertz CT molecular complexity index is 944. The lowest BCUT2D eigenvalue weighted by Gasteiger charge is -2.13. The SMILES string of the molecule is Cc1nc(N2C(=O)OCC2C)sc1-c1ccnc(Nc2ccccc2)n1. The van der Waals surface area contributed by atoms with Gasteiger partial charge in [0, 0.05) is 11.9 Å². The van der Waals surface area contributed by atoms with Crippen molar-refractivity contribution in [3.63, 3.8) is 0 Å². The molecule has 1 amide bonds. The molecule has 1 saturated heterocycles. The predicted molar refractivity (Wildman–Crippen MR) is 101 cm³/mol. The van der Waals surface area contributed by atoms with Crippen molar-refractivity contribution in [2.45, 2.75) is 19.9 Å². The Morgan fingerprint density at radius 2 is 2.04 bits per heavy atom. The van der Waals surface area contributed by atoms with Crippen LogP contribution in [0, 0.1) is 6.92 Å². The lowest BCUT2D eigenvalue weighted by molar-refractivity contribution is 0.179. The Morgan fingerprint density at radius 1 is 1.23 bits per heavy atom. The molecule has 1 aliphatic heterocycles. The van der Waals surface area contributed by atoms with Gasteiger partial charge in [-0.1, -0.05) is 29.5 Å². The predicted octanol–water partition coefficient (Wildman–Crippen LogP) is 4.00. The second kappa shape index (κ2) is 6.72. The molecular formula is C18H17N5O2S. The van der Waals surface area contributed by atoms with Gasteiger partial charge in [0.2, 0.25) is 5.95 Å². The zero-order valence-electron chi connectivity index (χ0n) is 14.3. The molecule has 2 aromatic heterocycles. The summed E-state index contributed by atoms with van der Waals surface area (Å²) < 4.78 is 5.09. The largest absolute Gasteiger partial charge is 0.447 e.